The second-order valence-corrected chi connectivity index (χ2v) is 6.27. The highest BCUT2D eigenvalue weighted by molar-refractivity contribution is 6.35. The maximum absolute atomic E-state index is 6.31. The minimum Gasteiger partial charge on any atom is -0.364 e. The lowest BCUT2D eigenvalue weighted by molar-refractivity contribution is 0.387. The third-order valence-corrected chi connectivity index (χ3v) is 4.62. The van der Waals surface area contributed by atoms with Gasteiger partial charge in [0.15, 0.2) is 0 Å². The number of benzene rings is 1. The molecule has 1 fully saturated rings. The predicted octanol–water partition coefficient (Wildman–Crippen LogP) is 3.86. The first-order valence-electron chi connectivity index (χ1n) is 7.74. The summed E-state index contributed by atoms with van der Waals surface area (Å²) in [5.41, 5.74) is 2.21. The molecular formula is C17H22ClN3. The van der Waals surface area contributed by atoms with Gasteiger partial charge in [-0.05, 0) is 37.6 Å². The number of halogens is 1. The summed E-state index contributed by atoms with van der Waals surface area (Å²) >= 11 is 6.31. The first-order chi connectivity index (χ1) is 10.2. The van der Waals surface area contributed by atoms with Crippen molar-refractivity contribution in [3.05, 3.63) is 35.5 Å². The van der Waals surface area contributed by atoms with Crippen LogP contribution in [0.3, 0.4) is 0 Å². The first-order valence-corrected chi connectivity index (χ1v) is 8.11. The monoisotopic (exact) mass is 303 g/mol. The highest BCUT2D eigenvalue weighted by atomic mass is 35.5. The Morgan fingerprint density at radius 1 is 1.38 bits per heavy atom. The summed E-state index contributed by atoms with van der Waals surface area (Å²) < 4.78 is 0. The maximum Gasteiger partial charge on any atom is 0.0950 e. The van der Waals surface area contributed by atoms with Gasteiger partial charge in [-0.2, -0.15) is 0 Å². The summed E-state index contributed by atoms with van der Waals surface area (Å²) in [6.45, 7) is 6.55. The summed E-state index contributed by atoms with van der Waals surface area (Å²) in [7, 11) is 0. The predicted molar refractivity (Wildman–Crippen MR) is 90.3 cm³/mol. The van der Waals surface area contributed by atoms with Crippen molar-refractivity contribution in [2.75, 3.05) is 18.0 Å². The van der Waals surface area contributed by atoms with Crippen LogP contribution in [0.1, 0.15) is 26.7 Å². The third-order valence-electron chi connectivity index (χ3n) is 4.29. The topological polar surface area (TPSA) is 28.2 Å². The zero-order chi connectivity index (χ0) is 14.8. The van der Waals surface area contributed by atoms with Gasteiger partial charge in [-0.3, -0.25) is 4.98 Å². The summed E-state index contributed by atoms with van der Waals surface area (Å²) in [6, 6.07) is 9.11. The van der Waals surface area contributed by atoms with Crippen LogP contribution in [0, 0.1) is 0 Å². The Morgan fingerprint density at radius 2 is 2.24 bits per heavy atom. The molecule has 0 radical (unpaired) electrons. The molecular weight excluding hydrogens is 282 g/mol. The van der Waals surface area contributed by atoms with Crippen molar-refractivity contribution < 1.29 is 0 Å². The normalized spacial score (nSPS) is 22.7. The molecule has 0 saturated carbocycles. The number of piperazine rings is 1. The van der Waals surface area contributed by atoms with Gasteiger partial charge >= 0.3 is 0 Å². The molecule has 2 atom stereocenters. The number of hydrogen-bond acceptors (Lipinski definition) is 3. The number of aromatic nitrogens is 1. The van der Waals surface area contributed by atoms with Gasteiger partial charge in [0.1, 0.15) is 0 Å². The number of nitrogens with one attached hydrogen (secondary N) is 1. The van der Waals surface area contributed by atoms with E-state index in [0.717, 1.165) is 29.0 Å². The molecule has 1 aliphatic rings. The van der Waals surface area contributed by atoms with Crippen LogP contribution in [-0.4, -0.2) is 30.2 Å². The fraction of sp³-hybridized carbons (Fsp3) is 0.471. The average molecular weight is 304 g/mol. The van der Waals surface area contributed by atoms with Crippen LogP contribution < -0.4 is 10.2 Å². The van der Waals surface area contributed by atoms with Crippen LogP contribution in [0.25, 0.3) is 10.9 Å². The van der Waals surface area contributed by atoms with Gasteiger partial charge in [-0.1, -0.05) is 24.9 Å². The zero-order valence-corrected chi connectivity index (χ0v) is 13.4. The number of hydrogen-bond donors (Lipinski definition) is 1. The van der Waals surface area contributed by atoms with E-state index in [0.29, 0.717) is 12.1 Å². The Morgan fingerprint density at radius 3 is 3.05 bits per heavy atom. The van der Waals surface area contributed by atoms with Gasteiger partial charge < -0.3 is 10.2 Å². The molecule has 0 amide bonds. The van der Waals surface area contributed by atoms with Crippen LogP contribution in [0.5, 0.6) is 0 Å². The quantitative estimate of drug-likeness (QED) is 0.933. The van der Waals surface area contributed by atoms with E-state index < -0.39 is 0 Å². The van der Waals surface area contributed by atoms with Crippen molar-refractivity contribution in [2.24, 2.45) is 0 Å². The average Bonchev–Trinajstić information content (AvgIpc) is 2.51. The molecule has 2 heterocycles. The van der Waals surface area contributed by atoms with Crippen LogP contribution in [-0.2, 0) is 0 Å². The molecule has 1 saturated heterocycles. The third kappa shape index (κ3) is 2.85. The number of pyridine rings is 1. The van der Waals surface area contributed by atoms with Crippen LogP contribution in [0.15, 0.2) is 30.5 Å². The van der Waals surface area contributed by atoms with E-state index in [2.05, 4.69) is 35.1 Å². The fourth-order valence-corrected chi connectivity index (χ4v) is 3.38. The van der Waals surface area contributed by atoms with Crippen molar-refractivity contribution in [1.82, 2.24) is 10.3 Å². The highest BCUT2D eigenvalue weighted by Gasteiger charge is 2.26. The Bertz CT molecular complexity index is 628. The van der Waals surface area contributed by atoms with E-state index in [-0.39, 0.29) is 0 Å². The minimum atomic E-state index is 0.462. The van der Waals surface area contributed by atoms with E-state index in [1.54, 1.807) is 0 Å². The molecule has 0 aliphatic carbocycles. The van der Waals surface area contributed by atoms with E-state index in [1.165, 1.54) is 18.5 Å². The van der Waals surface area contributed by atoms with Gasteiger partial charge in [-0.25, -0.2) is 0 Å². The van der Waals surface area contributed by atoms with Crippen molar-refractivity contribution in [3.63, 3.8) is 0 Å². The fourth-order valence-electron chi connectivity index (χ4n) is 3.16. The molecule has 1 aromatic carbocycles. The molecule has 21 heavy (non-hydrogen) atoms. The first kappa shape index (κ1) is 14.6. The van der Waals surface area contributed by atoms with Crippen molar-refractivity contribution in [3.8, 4) is 0 Å². The SMILES string of the molecule is CCCC1CN(c2ccc(Cl)c3cccnc23)C(C)CN1. The van der Waals surface area contributed by atoms with Gasteiger partial charge in [0.25, 0.3) is 0 Å². The summed E-state index contributed by atoms with van der Waals surface area (Å²) in [6.07, 6.45) is 4.26. The molecule has 1 aromatic heterocycles. The van der Waals surface area contributed by atoms with Gasteiger partial charge in [0, 0.05) is 36.8 Å². The van der Waals surface area contributed by atoms with E-state index in [4.69, 9.17) is 11.6 Å². The molecule has 0 spiro atoms. The van der Waals surface area contributed by atoms with Crippen molar-refractivity contribution in [1.29, 1.82) is 0 Å². The molecule has 3 rings (SSSR count). The maximum atomic E-state index is 6.31. The lowest BCUT2D eigenvalue weighted by Gasteiger charge is -2.40. The lowest BCUT2D eigenvalue weighted by atomic mass is 10.0. The van der Waals surface area contributed by atoms with Gasteiger partial charge in [0.05, 0.1) is 16.2 Å². The molecule has 3 nitrogen and oxygen atoms in total. The summed E-state index contributed by atoms with van der Waals surface area (Å²) in [5, 5.41) is 5.45. The Hall–Kier alpha value is -1.32. The van der Waals surface area contributed by atoms with Crippen LogP contribution in [0.4, 0.5) is 5.69 Å². The summed E-state index contributed by atoms with van der Waals surface area (Å²) in [5.74, 6) is 0. The second kappa shape index (κ2) is 6.20. The van der Waals surface area contributed by atoms with Crippen LogP contribution >= 0.6 is 11.6 Å². The van der Waals surface area contributed by atoms with Crippen molar-refractivity contribution in [2.45, 2.75) is 38.8 Å². The number of rotatable bonds is 3. The van der Waals surface area contributed by atoms with Gasteiger partial charge in [0.2, 0.25) is 0 Å². The molecule has 1 N–H and O–H groups in total. The van der Waals surface area contributed by atoms with Crippen LogP contribution in [0.2, 0.25) is 5.02 Å². The molecule has 4 heteroatoms. The summed E-state index contributed by atoms with van der Waals surface area (Å²) in [4.78, 5) is 7.05. The molecule has 2 unspecified atom stereocenters. The Labute approximate surface area is 131 Å². The molecule has 2 aromatic rings. The molecule has 112 valence electrons. The van der Waals surface area contributed by atoms with E-state index in [9.17, 15) is 0 Å². The number of nitrogens with zero attached hydrogens (tertiary/aromatic N) is 2. The smallest absolute Gasteiger partial charge is 0.0950 e. The molecule has 0 bridgehead atoms. The number of fused-ring (bicyclic) bond motifs is 1. The lowest BCUT2D eigenvalue weighted by Crippen LogP contribution is -2.55. The standard InChI is InChI=1S/C17H22ClN3/c1-3-5-13-11-21(12(2)10-20-13)16-8-7-15(18)14-6-4-9-19-17(14)16/h4,6-9,12-13,20H,3,5,10-11H2,1-2H3. The Balaban J connectivity index is 2.00. The van der Waals surface area contributed by atoms with Gasteiger partial charge in [-0.15, -0.1) is 0 Å². The minimum absolute atomic E-state index is 0.462. The van der Waals surface area contributed by atoms with Crippen molar-refractivity contribution >= 4 is 28.2 Å². The number of anilines is 1. The largest absolute Gasteiger partial charge is 0.364 e. The second-order valence-electron chi connectivity index (χ2n) is 5.86. The van der Waals surface area contributed by atoms with E-state index >= 15 is 0 Å². The highest BCUT2D eigenvalue weighted by Crippen LogP contribution is 2.32. The molecule has 1 aliphatic heterocycles. The Kier molecular flexibility index (Phi) is 4.32. The zero-order valence-electron chi connectivity index (χ0n) is 12.6. The van der Waals surface area contributed by atoms with E-state index in [1.807, 2.05) is 24.4 Å².